The minimum atomic E-state index is -0.398. The summed E-state index contributed by atoms with van der Waals surface area (Å²) in [7, 11) is 0. The van der Waals surface area contributed by atoms with Crippen LogP contribution >= 0.6 is 23.4 Å². The van der Waals surface area contributed by atoms with Gasteiger partial charge >= 0.3 is 0 Å². The second-order valence-corrected chi connectivity index (χ2v) is 9.22. The molecule has 6 nitrogen and oxygen atoms in total. The van der Waals surface area contributed by atoms with Crippen molar-refractivity contribution in [3.05, 3.63) is 82.8 Å². The number of rotatable bonds is 7. The molecule has 1 atom stereocenters. The fourth-order valence-electron chi connectivity index (χ4n) is 3.28. The first-order chi connectivity index (χ1) is 15.4. The fourth-order valence-corrected chi connectivity index (χ4v) is 4.30. The quantitative estimate of drug-likeness (QED) is 0.339. The number of hydrogen-bond acceptors (Lipinski definition) is 5. The number of amides is 1. The highest BCUT2D eigenvalue weighted by Gasteiger charge is 2.23. The zero-order chi connectivity index (χ0) is 22.7. The SMILES string of the molecule is Cc1ccc(Cl)cc1NC(=O)C(C)Sc1nnc(-c2ccoc2C)n1Cc1ccccc1. The first-order valence-corrected chi connectivity index (χ1v) is 11.4. The van der Waals surface area contributed by atoms with Gasteiger partial charge in [0.1, 0.15) is 5.76 Å². The fraction of sp³-hybridized carbons (Fsp3) is 0.208. The van der Waals surface area contributed by atoms with Crippen molar-refractivity contribution in [2.24, 2.45) is 0 Å². The number of nitrogens with one attached hydrogen (secondary N) is 1. The molecule has 1 N–H and O–H groups in total. The molecule has 1 amide bonds. The largest absolute Gasteiger partial charge is 0.469 e. The van der Waals surface area contributed by atoms with Gasteiger partial charge in [-0.2, -0.15) is 0 Å². The molecule has 0 saturated heterocycles. The number of nitrogens with zero attached hydrogens (tertiary/aromatic N) is 3. The second-order valence-electron chi connectivity index (χ2n) is 7.48. The normalized spacial score (nSPS) is 12.0. The number of benzene rings is 2. The van der Waals surface area contributed by atoms with Crippen molar-refractivity contribution in [2.75, 3.05) is 5.32 Å². The van der Waals surface area contributed by atoms with Gasteiger partial charge in [0.2, 0.25) is 5.91 Å². The topological polar surface area (TPSA) is 73.0 Å². The van der Waals surface area contributed by atoms with E-state index >= 15 is 0 Å². The van der Waals surface area contributed by atoms with E-state index in [0.717, 1.165) is 22.5 Å². The molecule has 0 aliphatic heterocycles. The number of anilines is 1. The third-order valence-corrected chi connectivity index (χ3v) is 6.42. The predicted molar refractivity (Wildman–Crippen MR) is 128 cm³/mol. The van der Waals surface area contributed by atoms with Crippen LogP contribution in [0.3, 0.4) is 0 Å². The lowest BCUT2D eigenvalue weighted by Gasteiger charge is -2.15. The van der Waals surface area contributed by atoms with E-state index < -0.39 is 5.25 Å². The molecule has 2 aromatic heterocycles. The summed E-state index contributed by atoms with van der Waals surface area (Å²) in [5, 5.41) is 12.6. The Morgan fingerprint density at radius 1 is 1.16 bits per heavy atom. The van der Waals surface area contributed by atoms with Gasteiger partial charge in [-0.3, -0.25) is 9.36 Å². The molecule has 8 heteroatoms. The van der Waals surface area contributed by atoms with Gasteiger partial charge in [-0.15, -0.1) is 10.2 Å². The van der Waals surface area contributed by atoms with Gasteiger partial charge in [-0.25, -0.2) is 0 Å². The maximum atomic E-state index is 12.9. The molecule has 0 spiro atoms. The van der Waals surface area contributed by atoms with Crippen molar-refractivity contribution >= 4 is 35.0 Å². The number of carbonyl (C=O) groups excluding carboxylic acids is 1. The van der Waals surface area contributed by atoms with Gasteiger partial charge in [-0.1, -0.05) is 59.8 Å². The lowest BCUT2D eigenvalue weighted by Crippen LogP contribution is -2.23. The Morgan fingerprint density at radius 3 is 2.66 bits per heavy atom. The van der Waals surface area contributed by atoms with Gasteiger partial charge in [0.05, 0.1) is 23.6 Å². The van der Waals surface area contributed by atoms with Crippen LogP contribution in [0.1, 0.15) is 23.8 Å². The highest BCUT2D eigenvalue weighted by Crippen LogP contribution is 2.30. The van der Waals surface area contributed by atoms with Gasteiger partial charge in [0, 0.05) is 10.7 Å². The van der Waals surface area contributed by atoms with Crippen LogP contribution in [-0.2, 0) is 11.3 Å². The van der Waals surface area contributed by atoms with Crippen molar-refractivity contribution < 1.29 is 9.21 Å². The summed E-state index contributed by atoms with van der Waals surface area (Å²) in [6.45, 7) is 6.26. The molecule has 0 aliphatic carbocycles. The minimum absolute atomic E-state index is 0.129. The van der Waals surface area contributed by atoms with Crippen molar-refractivity contribution in [3.8, 4) is 11.4 Å². The third kappa shape index (κ3) is 4.89. The Morgan fingerprint density at radius 2 is 1.94 bits per heavy atom. The molecule has 2 heterocycles. The first-order valence-electron chi connectivity index (χ1n) is 10.2. The molecule has 4 rings (SSSR count). The Bertz CT molecular complexity index is 1240. The number of furan rings is 1. The van der Waals surface area contributed by atoms with Gasteiger partial charge in [-0.05, 0) is 50.1 Å². The summed E-state index contributed by atoms with van der Waals surface area (Å²) in [4.78, 5) is 12.9. The molecule has 1 unspecified atom stereocenters. The second kappa shape index (κ2) is 9.63. The van der Waals surface area contributed by atoms with Crippen LogP contribution in [0.4, 0.5) is 5.69 Å². The van der Waals surface area contributed by atoms with Crippen LogP contribution in [0.25, 0.3) is 11.4 Å². The maximum Gasteiger partial charge on any atom is 0.237 e. The average Bonchev–Trinajstić information content (AvgIpc) is 3.37. The van der Waals surface area contributed by atoms with Crippen LogP contribution < -0.4 is 5.32 Å². The number of aromatic nitrogens is 3. The highest BCUT2D eigenvalue weighted by molar-refractivity contribution is 8.00. The summed E-state index contributed by atoms with van der Waals surface area (Å²) >= 11 is 7.45. The Balaban J connectivity index is 1.60. The number of carbonyl (C=O) groups is 1. The van der Waals surface area contributed by atoms with E-state index in [1.807, 2.05) is 55.7 Å². The molecular weight excluding hydrogens is 444 g/mol. The third-order valence-electron chi connectivity index (χ3n) is 5.11. The first kappa shape index (κ1) is 22.2. The number of aryl methyl sites for hydroxylation is 2. The van der Waals surface area contributed by atoms with E-state index in [0.29, 0.717) is 28.2 Å². The number of halogens is 1. The summed E-state index contributed by atoms with van der Waals surface area (Å²) in [6.07, 6.45) is 1.64. The Labute approximate surface area is 196 Å². The van der Waals surface area contributed by atoms with Crippen molar-refractivity contribution in [2.45, 2.75) is 37.7 Å². The highest BCUT2D eigenvalue weighted by atomic mass is 35.5. The van der Waals surface area contributed by atoms with Crippen LogP contribution in [-0.4, -0.2) is 25.9 Å². The number of hydrogen-bond donors (Lipinski definition) is 1. The molecule has 0 aliphatic rings. The Hall–Kier alpha value is -3.03. The van der Waals surface area contributed by atoms with Crippen molar-refractivity contribution in [1.82, 2.24) is 14.8 Å². The zero-order valence-electron chi connectivity index (χ0n) is 18.0. The summed E-state index contributed by atoms with van der Waals surface area (Å²) in [6, 6.07) is 17.4. The zero-order valence-corrected chi connectivity index (χ0v) is 19.6. The lowest BCUT2D eigenvalue weighted by molar-refractivity contribution is -0.115. The molecule has 164 valence electrons. The molecule has 0 saturated carbocycles. The monoisotopic (exact) mass is 466 g/mol. The summed E-state index contributed by atoms with van der Waals surface area (Å²) in [5.74, 6) is 1.35. The smallest absolute Gasteiger partial charge is 0.237 e. The predicted octanol–water partition coefficient (Wildman–Crippen LogP) is 5.98. The molecule has 32 heavy (non-hydrogen) atoms. The average molecular weight is 467 g/mol. The van der Waals surface area contributed by atoms with Crippen LogP contribution in [0.2, 0.25) is 5.02 Å². The summed E-state index contributed by atoms with van der Waals surface area (Å²) in [5.41, 5.74) is 3.65. The van der Waals surface area contributed by atoms with E-state index in [-0.39, 0.29) is 5.91 Å². The van der Waals surface area contributed by atoms with Gasteiger partial charge < -0.3 is 9.73 Å². The van der Waals surface area contributed by atoms with E-state index in [4.69, 9.17) is 16.0 Å². The minimum Gasteiger partial charge on any atom is -0.469 e. The Kier molecular flexibility index (Phi) is 6.67. The maximum absolute atomic E-state index is 12.9. The van der Waals surface area contributed by atoms with E-state index in [9.17, 15) is 4.79 Å². The molecule has 0 fully saturated rings. The molecule has 0 radical (unpaired) electrons. The van der Waals surface area contributed by atoms with Crippen molar-refractivity contribution in [1.29, 1.82) is 0 Å². The van der Waals surface area contributed by atoms with Crippen LogP contribution in [0.5, 0.6) is 0 Å². The van der Waals surface area contributed by atoms with E-state index in [2.05, 4.69) is 27.6 Å². The van der Waals surface area contributed by atoms with E-state index in [1.54, 1.807) is 18.4 Å². The van der Waals surface area contributed by atoms with Crippen LogP contribution in [0, 0.1) is 13.8 Å². The standard InChI is InChI=1S/C24H23ClN4O2S/c1-15-9-10-19(25)13-21(15)26-23(30)17(3)32-24-28-27-22(20-11-12-31-16(20)2)29(24)14-18-7-5-4-6-8-18/h4-13,17H,14H2,1-3H3,(H,26,30). The summed E-state index contributed by atoms with van der Waals surface area (Å²) < 4.78 is 7.50. The van der Waals surface area contributed by atoms with E-state index in [1.165, 1.54) is 11.8 Å². The molecule has 2 aromatic carbocycles. The van der Waals surface area contributed by atoms with Crippen LogP contribution in [0.15, 0.2) is 70.4 Å². The molecule has 0 bridgehead atoms. The lowest BCUT2D eigenvalue weighted by atomic mass is 10.2. The molecular formula is C24H23ClN4O2S. The van der Waals surface area contributed by atoms with Gasteiger partial charge in [0.25, 0.3) is 0 Å². The van der Waals surface area contributed by atoms with Gasteiger partial charge in [0.15, 0.2) is 11.0 Å². The van der Waals surface area contributed by atoms with Crippen molar-refractivity contribution in [3.63, 3.8) is 0 Å². The molecule has 4 aromatic rings. The number of thioether (sulfide) groups is 1.